The number of carbonyl (C=O) groups is 2. The first-order valence-corrected chi connectivity index (χ1v) is 10.5. The van der Waals surface area contributed by atoms with Gasteiger partial charge in [0.25, 0.3) is 0 Å². The van der Waals surface area contributed by atoms with Gasteiger partial charge in [-0.2, -0.15) is 5.10 Å². The number of hydrazone groups is 1. The normalized spacial score (nSPS) is 16.3. The van der Waals surface area contributed by atoms with E-state index in [2.05, 4.69) is 15.4 Å². The summed E-state index contributed by atoms with van der Waals surface area (Å²) in [5.41, 5.74) is 2.28. The van der Waals surface area contributed by atoms with Gasteiger partial charge in [0, 0.05) is 37.0 Å². The average molecular weight is 447 g/mol. The Kier molecular flexibility index (Phi) is 6.68. The molecular formula is C24H25N5O4. The number of hydrogen-bond donors (Lipinski definition) is 1. The molecule has 1 N–H and O–H groups in total. The van der Waals surface area contributed by atoms with Crippen molar-refractivity contribution in [1.82, 2.24) is 15.2 Å². The summed E-state index contributed by atoms with van der Waals surface area (Å²) in [5.74, 6) is 1.01. The summed E-state index contributed by atoms with van der Waals surface area (Å²) in [6.07, 6.45) is 4.74. The third kappa shape index (κ3) is 4.87. The van der Waals surface area contributed by atoms with Crippen LogP contribution in [0.5, 0.6) is 11.5 Å². The Morgan fingerprint density at radius 3 is 2.55 bits per heavy atom. The van der Waals surface area contributed by atoms with Crippen molar-refractivity contribution in [2.24, 2.45) is 10.1 Å². The number of aliphatic imine (C=N–C) groups is 1. The van der Waals surface area contributed by atoms with Gasteiger partial charge < -0.3 is 14.8 Å². The lowest BCUT2D eigenvalue weighted by molar-refractivity contribution is -0.134. The van der Waals surface area contributed by atoms with Crippen molar-refractivity contribution in [3.05, 3.63) is 72.1 Å². The molecular weight excluding hydrogens is 422 g/mol. The standard InChI is InChI=1S/C24H25N5O4/c1-32-20-10-8-18(16-21(20)33-2)19-9-11-22(30)29(27-19)23(17-6-4-3-5-7-17)26-24(31)28-14-12-25-13-15-28/h3-8,10,12-14,16,23H,9,11,15H2,1-2H3,(H,26,31). The third-order valence-electron chi connectivity index (χ3n) is 5.37. The molecule has 2 aliphatic rings. The lowest BCUT2D eigenvalue weighted by atomic mass is 10.0. The molecule has 1 unspecified atom stereocenters. The Hall–Kier alpha value is -4.14. The Labute approximate surface area is 192 Å². The van der Waals surface area contributed by atoms with Gasteiger partial charge in [0.1, 0.15) is 0 Å². The van der Waals surface area contributed by atoms with Crippen molar-refractivity contribution in [2.75, 3.05) is 20.8 Å². The number of nitrogens with one attached hydrogen (secondary N) is 1. The van der Waals surface area contributed by atoms with Gasteiger partial charge in [0.05, 0.1) is 26.5 Å². The van der Waals surface area contributed by atoms with E-state index in [0.29, 0.717) is 24.5 Å². The van der Waals surface area contributed by atoms with Gasteiger partial charge in [-0.25, -0.2) is 9.80 Å². The molecule has 2 aliphatic heterocycles. The van der Waals surface area contributed by atoms with Crippen molar-refractivity contribution >= 4 is 23.9 Å². The lowest BCUT2D eigenvalue weighted by Crippen LogP contribution is -2.48. The zero-order valence-corrected chi connectivity index (χ0v) is 18.5. The Bertz CT molecular complexity index is 1110. The minimum Gasteiger partial charge on any atom is -0.493 e. The first-order valence-electron chi connectivity index (χ1n) is 10.5. The molecule has 1 atom stereocenters. The summed E-state index contributed by atoms with van der Waals surface area (Å²) in [6.45, 7) is 0.345. The molecule has 0 spiro atoms. The van der Waals surface area contributed by atoms with E-state index < -0.39 is 6.17 Å². The highest BCUT2D eigenvalue weighted by molar-refractivity contribution is 6.04. The molecule has 0 radical (unpaired) electrons. The predicted octanol–water partition coefficient (Wildman–Crippen LogP) is 3.30. The van der Waals surface area contributed by atoms with Crippen LogP contribution in [0.2, 0.25) is 0 Å². The number of amides is 3. The quantitative estimate of drug-likeness (QED) is 0.735. The molecule has 0 aliphatic carbocycles. The van der Waals surface area contributed by atoms with E-state index in [1.165, 1.54) is 9.91 Å². The summed E-state index contributed by atoms with van der Waals surface area (Å²) in [6, 6.07) is 14.5. The van der Waals surface area contributed by atoms with Gasteiger partial charge in [-0.3, -0.25) is 14.7 Å². The van der Waals surface area contributed by atoms with E-state index in [-0.39, 0.29) is 18.4 Å². The first-order chi connectivity index (χ1) is 16.1. The van der Waals surface area contributed by atoms with Crippen LogP contribution in [0.15, 0.2) is 71.0 Å². The van der Waals surface area contributed by atoms with Crippen molar-refractivity contribution in [3.8, 4) is 11.5 Å². The summed E-state index contributed by atoms with van der Waals surface area (Å²) >= 11 is 0. The maximum absolute atomic E-state index is 12.9. The smallest absolute Gasteiger partial charge is 0.323 e. The third-order valence-corrected chi connectivity index (χ3v) is 5.37. The highest BCUT2D eigenvalue weighted by Gasteiger charge is 2.31. The largest absolute Gasteiger partial charge is 0.493 e. The van der Waals surface area contributed by atoms with Crippen molar-refractivity contribution in [3.63, 3.8) is 0 Å². The first kappa shape index (κ1) is 22.1. The van der Waals surface area contributed by atoms with E-state index in [1.54, 1.807) is 38.9 Å². The summed E-state index contributed by atoms with van der Waals surface area (Å²) in [5, 5.41) is 8.96. The second-order valence-electron chi connectivity index (χ2n) is 7.40. The zero-order valence-electron chi connectivity index (χ0n) is 18.5. The summed E-state index contributed by atoms with van der Waals surface area (Å²) in [7, 11) is 3.15. The van der Waals surface area contributed by atoms with Crippen LogP contribution in [0.4, 0.5) is 4.79 Å². The van der Waals surface area contributed by atoms with E-state index in [9.17, 15) is 9.59 Å². The van der Waals surface area contributed by atoms with Crippen LogP contribution in [0.3, 0.4) is 0 Å². The SMILES string of the molecule is COc1ccc(C2=NN(C(NC(=O)N3C=CN=CC3)c3ccccc3)C(=O)CC2)cc1OC. The van der Waals surface area contributed by atoms with Crippen molar-refractivity contribution in [2.45, 2.75) is 19.0 Å². The number of carbonyl (C=O) groups excluding carboxylic acids is 2. The van der Waals surface area contributed by atoms with E-state index in [4.69, 9.17) is 9.47 Å². The molecule has 4 rings (SSSR count). The Morgan fingerprint density at radius 1 is 1.06 bits per heavy atom. The van der Waals surface area contributed by atoms with Crippen LogP contribution < -0.4 is 14.8 Å². The van der Waals surface area contributed by atoms with Gasteiger partial charge in [-0.15, -0.1) is 0 Å². The minimum atomic E-state index is -0.770. The minimum absolute atomic E-state index is 0.177. The zero-order chi connectivity index (χ0) is 23.2. The van der Waals surface area contributed by atoms with E-state index >= 15 is 0 Å². The van der Waals surface area contributed by atoms with Crippen LogP contribution in [0, 0.1) is 0 Å². The van der Waals surface area contributed by atoms with Crippen molar-refractivity contribution in [1.29, 1.82) is 0 Å². The molecule has 0 fully saturated rings. The van der Waals surface area contributed by atoms with E-state index in [1.807, 2.05) is 42.5 Å². The van der Waals surface area contributed by atoms with Gasteiger partial charge in [-0.1, -0.05) is 30.3 Å². The van der Waals surface area contributed by atoms with Crippen LogP contribution >= 0.6 is 0 Å². The molecule has 3 amide bonds. The number of hydrogen-bond acceptors (Lipinski definition) is 6. The number of rotatable bonds is 6. The maximum atomic E-state index is 12.9. The highest BCUT2D eigenvalue weighted by atomic mass is 16.5. The molecule has 2 aromatic carbocycles. The second-order valence-corrected chi connectivity index (χ2v) is 7.40. The molecule has 2 heterocycles. The highest BCUT2D eigenvalue weighted by Crippen LogP contribution is 2.30. The lowest BCUT2D eigenvalue weighted by Gasteiger charge is -2.33. The van der Waals surface area contributed by atoms with Crippen LogP contribution in [-0.2, 0) is 4.79 Å². The molecule has 9 nitrogen and oxygen atoms in total. The fourth-order valence-electron chi connectivity index (χ4n) is 3.64. The molecule has 33 heavy (non-hydrogen) atoms. The Balaban J connectivity index is 1.67. The molecule has 0 aromatic heterocycles. The monoisotopic (exact) mass is 447 g/mol. The van der Waals surface area contributed by atoms with E-state index in [0.717, 1.165) is 16.8 Å². The van der Waals surface area contributed by atoms with Crippen LogP contribution in [0.1, 0.15) is 30.1 Å². The number of benzene rings is 2. The number of nitrogens with zero attached hydrogens (tertiary/aromatic N) is 4. The summed E-state index contributed by atoms with van der Waals surface area (Å²) in [4.78, 5) is 31.3. The van der Waals surface area contributed by atoms with Crippen molar-refractivity contribution < 1.29 is 19.1 Å². The van der Waals surface area contributed by atoms with Crippen LogP contribution in [0.25, 0.3) is 0 Å². The number of urea groups is 1. The van der Waals surface area contributed by atoms with Gasteiger partial charge in [-0.05, 0) is 23.8 Å². The second kappa shape index (κ2) is 9.99. The van der Waals surface area contributed by atoms with Crippen LogP contribution in [-0.4, -0.2) is 54.5 Å². The fourth-order valence-corrected chi connectivity index (χ4v) is 3.64. The molecule has 170 valence electrons. The Morgan fingerprint density at radius 2 is 1.85 bits per heavy atom. The number of methoxy groups -OCH3 is 2. The molecule has 0 saturated heterocycles. The summed E-state index contributed by atoms with van der Waals surface area (Å²) < 4.78 is 10.7. The average Bonchev–Trinajstić information content (AvgIpc) is 2.88. The molecule has 0 saturated carbocycles. The maximum Gasteiger partial charge on any atom is 0.323 e. The topological polar surface area (TPSA) is 95.8 Å². The van der Waals surface area contributed by atoms with Gasteiger partial charge in [0.15, 0.2) is 17.7 Å². The number of ether oxygens (including phenoxy) is 2. The van der Waals surface area contributed by atoms with Gasteiger partial charge >= 0.3 is 6.03 Å². The molecule has 0 bridgehead atoms. The molecule has 2 aromatic rings. The molecule has 9 heteroatoms. The fraction of sp³-hybridized carbons (Fsp3) is 0.250. The van der Waals surface area contributed by atoms with Gasteiger partial charge in [0.2, 0.25) is 5.91 Å². The predicted molar refractivity (Wildman–Crippen MR) is 124 cm³/mol.